The highest BCUT2D eigenvalue weighted by atomic mass is 16.3. The van der Waals surface area contributed by atoms with Crippen molar-refractivity contribution in [3.8, 4) is 0 Å². The Bertz CT molecular complexity index is 2050. The molecule has 0 bridgehead atoms. The standard InChI is InChI=1S/C30H12O6/c1-13-14-2-32-8-20(14)26-25(19(13)7-31-1)27-21-9-33-3-15(21)16-4-35-11-23(16)29(27)30-24-12-36-6-18(24)17-5-34-10-22(17)28(26)30/h1-12H. The number of furan rings is 6. The predicted molar refractivity (Wildman–Crippen MR) is 138 cm³/mol. The molecule has 6 aromatic heterocycles. The van der Waals surface area contributed by atoms with E-state index in [-0.39, 0.29) is 0 Å². The molecule has 4 aromatic carbocycles. The van der Waals surface area contributed by atoms with E-state index in [0.717, 1.165) is 97.0 Å². The number of hydrogen-bond donors (Lipinski definition) is 0. The number of fused-ring (bicyclic) bond motifs is 21. The van der Waals surface area contributed by atoms with Gasteiger partial charge >= 0.3 is 0 Å². The average molecular weight is 468 g/mol. The van der Waals surface area contributed by atoms with Gasteiger partial charge in [-0.1, -0.05) is 0 Å². The Balaban J connectivity index is 1.78. The van der Waals surface area contributed by atoms with E-state index < -0.39 is 0 Å². The van der Waals surface area contributed by atoms with Gasteiger partial charge in [0.05, 0.1) is 75.2 Å². The molecule has 0 saturated carbocycles. The molecular weight excluding hydrogens is 456 g/mol. The Morgan fingerprint density at radius 1 is 0.194 bits per heavy atom. The van der Waals surface area contributed by atoms with Crippen molar-refractivity contribution in [1.82, 2.24) is 0 Å². The SMILES string of the molecule is c1occ2c1c1cocc1c1c2c2c3cocc3c3cocc3c2c2c3cocc3c3cocc3c12. The molecule has 0 N–H and O–H groups in total. The second-order valence-electron chi connectivity index (χ2n) is 9.44. The molecule has 0 atom stereocenters. The van der Waals surface area contributed by atoms with Gasteiger partial charge in [0.1, 0.15) is 0 Å². The van der Waals surface area contributed by atoms with E-state index in [4.69, 9.17) is 26.5 Å². The lowest BCUT2D eigenvalue weighted by molar-refractivity contribution is 0.570. The van der Waals surface area contributed by atoms with E-state index in [9.17, 15) is 0 Å². The second kappa shape index (κ2) is 5.58. The predicted octanol–water partition coefficient (Wildman–Crippen LogP) is 9.62. The van der Waals surface area contributed by atoms with Gasteiger partial charge in [-0.3, -0.25) is 0 Å². The maximum Gasteiger partial charge on any atom is 0.0988 e. The Hall–Kier alpha value is -5.10. The van der Waals surface area contributed by atoms with Crippen molar-refractivity contribution in [2.75, 3.05) is 0 Å². The zero-order valence-corrected chi connectivity index (χ0v) is 18.4. The highest BCUT2D eigenvalue weighted by Gasteiger charge is 2.26. The first-order valence-electron chi connectivity index (χ1n) is 11.5. The fourth-order valence-electron chi connectivity index (χ4n) is 6.56. The zero-order valence-electron chi connectivity index (χ0n) is 18.4. The maximum absolute atomic E-state index is 5.79. The summed E-state index contributed by atoms with van der Waals surface area (Å²) in [5.74, 6) is 0. The molecule has 0 saturated heterocycles. The first-order chi connectivity index (χ1) is 17.9. The van der Waals surface area contributed by atoms with Crippen LogP contribution in [0, 0.1) is 0 Å². The van der Waals surface area contributed by atoms with Gasteiger partial charge in [-0.15, -0.1) is 0 Å². The lowest BCUT2D eigenvalue weighted by atomic mass is 9.84. The van der Waals surface area contributed by atoms with E-state index in [1.807, 2.05) is 37.6 Å². The van der Waals surface area contributed by atoms with Gasteiger partial charge < -0.3 is 26.5 Å². The molecule has 0 spiro atoms. The molecule has 6 heteroatoms. The van der Waals surface area contributed by atoms with Gasteiger partial charge in [0.25, 0.3) is 0 Å². The number of rotatable bonds is 0. The second-order valence-corrected chi connectivity index (χ2v) is 9.44. The van der Waals surface area contributed by atoms with Gasteiger partial charge in [-0.05, 0) is 0 Å². The first kappa shape index (κ1) is 17.4. The summed E-state index contributed by atoms with van der Waals surface area (Å²) in [5, 5.41) is 18.6. The van der Waals surface area contributed by atoms with Crippen molar-refractivity contribution in [1.29, 1.82) is 0 Å². The first-order valence-corrected chi connectivity index (χ1v) is 11.5. The lowest BCUT2D eigenvalue weighted by Crippen LogP contribution is -1.89. The van der Waals surface area contributed by atoms with Crippen LogP contribution in [0.4, 0.5) is 0 Å². The third kappa shape index (κ3) is 1.70. The molecule has 10 aromatic rings. The lowest BCUT2D eigenvalue weighted by Gasteiger charge is -2.16. The van der Waals surface area contributed by atoms with Crippen molar-refractivity contribution in [3.63, 3.8) is 0 Å². The van der Waals surface area contributed by atoms with Crippen LogP contribution in [0.5, 0.6) is 0 Å². The summed E-state index contributed by atoms with van der Waals surface area (Å²) in [5.41, 5.74) is 0. The molecule has 0 amide bonds. The molecular formula is C30H12O6. The Morgan fingerprint density at radius 2 is 0.333 bits per heavy atom. The average Bonchev–Trinajstić information content (AvgIpc) is 3.73. The number of benzene rings is 4. The minimum absolute atomic E-state index is 1.00. The molecule has 0 aliphatic rings. The maximum atomic E-state index is 5.79. The fraction of sp³-hybridized carbons (Fsp3) is 0. The van der Waals surface area contributed by atoms with Crippen LogP contribution in [0.2, 0.25) is 0 Å². The van der Waals surface area contributed by atoms with Crippen molar-refractivity contribution in [2.24, 2.45) is 0 Å². The summed E-state index contributed by atoms with van der Waals surface area (Å²) in [6.45, 7) is 0. The van der Waals surface area contributed by atoms with Gasteiger partial charge in [0.2, 0.25) is 0 Å². The van der Waals surface area contributed by atoms with E-state index >= 15 is 0 Å². The molecule has 168 valence electrons. The van der Waals surface area contributed by atoms with Crippen LogP contribution in [0.15, 0.2) is 102 Å². The minimum atomic E-state index is 1.00. The molecule has 0 aliphatic heterocycles. The van der Waals surface area contributed by atoms with Crippen molar-refractivity contribution in [3.05, 3.63) is 75.2 Å². The van der Waals surface area contributed by atoms with Crippen molar-refractivity contribution in [2.45, 2.75) is 0 Å². The molecule has 0 aliphatic carbocycles. The molecule has 36 heavy (non-hydrogen) atoms. The summed E-state index contributed by atoms with van der Waals surface area (Å²) in [6, 6.07) is 0. The molecule has 0 unspecified atom stereocenters. The van der Waals surface area contributed by atoms with Gasteiger partial charge in [0, 0.05) is 97.0 Å². The van der Waals surface area contributed by atoms with Crippen LogP contribution in [0.1, 0.15) is 0 Å². The van der Waals surface area contributed by atoms with E-state index in [2.05, 4.69) is 0 Å². The molecule has 10 rings (SSSR count). The van der Waals surface area contributed by atoms with Crippen LogP contribution in [-0.4, -0.2) is 0 Å². The van der Waals surface area contributed by atoms with Crippen molar-refractivity contribution >= 4 is 97.0 Å². The van der Waals surface area contributed by atoms with Crippen LogP contribution in [0.3, 0.4) is 0 Å². The van der Waals surface area contributed by atoms with Crippen LogP contribution >= 0.6 is 0 Å². The van der Waals surface area contributed by atoms with Crippen LogP contribution in [-0.2, 0) is 0 Å². The van der Waals surface area contributed by atoms with E-state index in [1.165, 1.54) is 0 Å². The smallest absolute Gasteiger partial charge is 0.0988 e. The van der Waals surface area contributed by atoms with Gasteiger partial charge in [-0.2, -0.15) is 0 Å². The molecule has 0 fully saturated rings. The summed E-state index contributed by atoms with van der Waals surface area (Å²) in [6.07, 6.45) is 21.7. The van der Waals surface area contributed by atoms with Gasteiger partial charge in [-0.25, -0.2) is 0 Å². The highest BCUT2D eigenvalue weighted by Crippen LogP contribution is 2.52. The Morgan fingerprint density at radius 3 is 0.500 bits per heavy atom. The van der Waals surface area contributed by atoms with Crippen LogP contribution in [0.25, 0.3) is 97.0 Å². The van der Waals surface area contributed by atoms with Gasteiger partial charge in [0.15, 0.2) is 0 Å². The van der Waals surface area contributed by atoms with E-state index in [0.29, 0.717) is 0 Å². The molecule has 0 radical (unpaired) electrons. The fourth-order valence-corrected chi connectivity index (χ4v) is 6.56. The largest absolute Gasteiger partial charge is 0.471 e. The Labute approximate surface area is 198 Å². The highest BCUT2D eigenvalue weighted by molar-refractivity contribution is 6.51. The topological polar surface area (TPSA) is 78.8 Å². The van der Waals surface area contributed by atoms with Crippen LogP contribution < -0.4 is 0 Å². The third-order valence-electron chi connectivity index (χ3n) is 7.96. The monoisotopic (exact) mass is 468 g/mol. The normalized spacial score (nSPS) is 13.0. The Kier molecular flexibility index (Phi) is 2.69. The molecule has 6 nitrogen and oxygen atoms in total. The summed E-state index contributed by atoms with van der Waals surface area (Å²) in [4.78, 5) is 0. The van der Waals surface area contributed by atoms with Crippen molar-refractivity contribution < 1.29 is 26.5 Å². The summed E-state index contributed by atoms with van der Waals surface area (Å²) >= 11 is 0. The quantitative estimate of drug-likeness (QED) is 0.206. The third-order valence-corrected chi connectivity index (χ3v) is 7.96. The summed E-state index contributed by atoms with van der Waals surface area (Å²) < 4.78 is 34.7. The minimum Gasteiger partial charge on any atom is -0.471 e. The summed E-state index contributed by atoms with van der Waals surface area (Å²) in [7, 11) is 0. The molecule has 6 heterocycles. The number of hydrogen-bond acceptors (Lipinski definition) is 6. The zero-order chi connectivity index (χ0) is 23.1. The van der Waals surface area contributed by atoms with E-state index in [1.54, 1.807) is 37.6 Å².